The number of piperidine rings is 1. The largest absolute Gasteiger partial charge is 0.433 e. The number of hydrogen-bond donors (Lipinski definition) is 2. The first-order valence-corrected chi connectivity index (χ1v) is 6.72. The zero-order chi connectivity index (χ0) is 14.5. The summed E-state index contributed by atoms with van der Waals surface area (Å²) in [6.45, 7) is -2.11. The van der Waals surface area contributed by atoms with Crippen LogP contribution in [0, 0.1) is 0 Å². The molecule has 7 heteroatoms. The van der Waals surface area contributed by atoms with Crippen LogP contribution >= 0.6 is 11.6 Å². The third-order valence-corrected chi connectivity index (χ3v) is 3.34. The first-order chi connectivity index (χ1) is 9.56. The van der Waals surface area contributed by atoms with Crippen molar-refractivity contribution in [3.63, 3.8) is 0 Å². The maximum Gasteiger partial charge on any atom is 0.387 e. The Morgan fingerprint density at radius 3 is 2.85 bits per heavy atom. The van der Waals surface area contributed by atoms with Crippen LogP contribution in [0.1, 0.15) is 19.3 Å². The third-order valence-electron chi connectivity index (χ3n) is 3.04. The van der Waals surface area contributed by atoms with Crippen molar-refractivity contribution in [3.05, 3.63) is 23.2 Å². The predicted molar refractivity (Wildman–Crippen MR) is 72.4 cm³/mol. The van der Waals surface area contributed by atoms with Crippen LogP contribution in [0.4, 0.5) is 14.5 Å². The molecule has 1 saturated heterocycles. The van der Waals surface area contributed by atoms with Crippen LogP contribution < -0.4 is 15.4 Å². The van der Waals surface area contributed by atoms with Gasteiger partial charge in [-0.05, 0) is 37.6 Å². The molecule has 2 N–H and O–H groups in total. The van der Waals surface area contributed by atoms with Gasteiger partial charge >= 0.3 is 6.61 Å². The smallest absolute Gasteiger partial charge is 0.387 e. The van der Waals surface area contributed by atoms with Crippen LogP contribution in [0.25, 0.3) is 0 Å². The second-order valence-corrected chi connectivity index (χ2v) is 4.92. The molecule has 0 spiro atoms. The van der Waals surface area contributed by atoms with E-state index < -0.39 is 6.61 Å². The molecule has 1 atom stereocenters. The molecule has 0 bridgehead atoms. The van der Waals surface area contributed by atoms with E-state index in [9.17, 15) is 13.6 Å². The summed E-state index contributed by atoms with van der Waals surface area (Å²) in [5, 5.41) is 5.85. The van der Waals surface area contributed by atoms with Crippen molar-refractivity contribution in [2.45, 2.75) is 31.9 Å². The molecule has 4 nitrogen and oxygen atoms in total. The average Bonchev–Trinajstić information content (AvgIpc) is 2.42. The van der Waals surface area contributed by atoms with Gasteiger partial charge in [0.05, 0.1) is 11.1 Å². The highest BCUT2D eigenvalue weighted by Gasteiger charge is 2.20. The third kappa shape index (κ3) is 4.05. The monoisotopic (exact) mass is 304 g/mol. The minimum Gasteiger partial charge on any atom is -0.433 e. The first kappa shape index (κ1) is 15.0. The highest BCUT2D eigenvalue weighted by Crippen LogP contribution is 2.29. The summed E-state index contributed by atoms with van der Waals surface area (Å²) >= 11 is 5.82. The Morgan fingerprint density at radius 1 is 1.45 bits per heavy atom. The van der Waals surface area contributed by atoms with Crippen molar-refractivity contribution < 1.29 is 18.3 Å². The van der Waals surface area contributed by atoms with Gasteiger partial charge in [0.2, 0.25) is 5.91 Å². The Hall–Kier alpha value is -1.40. The molecule has 1 fully saturated rings. The van der Waals surface area contributed by atoms with Crippen molar-refractivity contribution in [2.75, 3.05) is 11.9 Å². The quantitative estimate of drug-likeness (QED) is 0.899. The molecule has 110 valence electrons. The maximum absolute atomic E-state index is 12.1. The Balaban J connectivity index is 1.99. The van der Waals surface area contributed by atoms with Crippen LogP contribution in [-0.2, 0) is 4.79 Å². The first-order valence-electron chi connectivity index (χ1n) is 6.35. The molecular formula is C13H15ClF2N2O2. The number of anilines is 1. The van der Waals surface area contributed by atoms with Crippen molar-refractivity contribution in [1.29, 1.82) is 0 Å². The van der Waals surface area contributed by atoms with E-state index in [1.807, 2.05) is 0 Å². The Labute approximate surface area is 120 Å². The summed E-state index contributed by atoms with van der Waals surface area (Å²) in [6.07, 6.45) is 2.86. The van der Waals surface area contributed by atoms with Gasteiger partial charge in [0.15, 0.2) is 0 Å². The van der Waals surface area contributed by atoms with Gasteiger partial charge in [0, 0.05) is 5.69 Å². The maximum atomic E-state index is 12.1. The molecule has 1 aromatic rings. The average molecular weight is 305 g/mol. The summed E-state index contributed by atoms with van der Waals surface area (Å²) in [7, 11) is 0. The molecule has 1 aliphatic rings. The minimum absolute atomic E-state index is 0.0275. The Kier molecular flexibility index (Phi) is 5.14. The SMILES string of the molecule is O=C(Nc1ccc(OC(F)F)c(Cl)c1)C1CCCCN1. The summed E-state index contributed by atoms with van der Waals surface area (Å²) in [5.41, 5.74) is 0.453. The molecule has 0 aliphatic carbocycles. The van der Waals surface area contributed by atoms with E-state index in [0.29, 0.717) is 5.69 Å². The van der Waals surface area contributed by atoms with Gasteiger partial charge in [-0.3, -0.25) is 4.79 Å². The van der Waals surface area contributed by atoms with Crippen molar-refractivity contribution in [3.8, 4) is 5.75 Å². The fraction of sp³-hybridized carbons (Fsp3) is 0.462. The van der Waals surface area contributed by atoms with Crippen LogP contribution in [-0.4, -0.2) is 25.1 Å². The molecule has 0 saturated carbocycles. The number of carbonyl (C=O) groups excluding carboxylic acids is 1. The molecule has 20 heavy (non-hydrogen) atoms. The summed E-state index contributed by atoms with van der Waals surface area (Å²) in [5.74, 6) is -0.265. The molecule has 1 amide bonds. The number of hydrogen-bond acceptors (Lipinski definition) is 3. The number of carbonyl (C=O) groups is 1. The zero-order valence-corrected chi connectivity index (χ0v) is 11.4. The van der Waals surface area contributed by atoms with Crippen LogP contribution in [0.2, 0.25) is 5.02 Å². The van der Waals surface area contributed by atoms with Crippen molar-refractivity contribution >= 4 is 23.2 Å². The standard InChI is InChI=1S/C13H15ClF2N2O2/c14-9-7-8(4-5-11(9)20-13(15)16)18-12(19)10-3-1-2-6-17-10/h4-5,7,10,13,17H,1-3,6H2,(H,18,19). The summed E-state index contributed by atoms with van der Waals surface area (Å²) in [6, 6.07) is 3.95. The topological polar surface area (TPSA) is 50.4 Å². The van der Waals surface area contributed by atoms with Gasteiger partial charge < -0.3 is 15.4 Å². The number of benzene rings is 1. The number of amides is 1. The van der Waals surface area contributed by atoms with E-state index in [1.165, 1.54) is 18.2 Å². The molecule has 0 aromatic heterocycles. The van der Waals surface area contributed by atoms with E-state index in [-0.39, 0.29) is 22.7 Å². The molecular weight excluding hydrogens is 290 g/mol. The Bertz CT molecular complexity index is 479. The molecule has 1 aliphatic heterocycles. The summed E-state index contributed by atoms with van der Waals surface area (Å²) in [4.78, 5) is 12.0. The number of halogens is 3. The fourth-order valence-corrected chi connectivity index (χ4v) is 2.30. The number of nitrogens with one attached hydrogen (secondary N) is 2. The minimum atomic E-state index is -2.93. The van der Waals surface area contributed by atoms with E-state index in [0.717, 1.165) is 25.8 Å². The van der Waals surface area contributed by atoms with Gasteiger partial charge in [0.25, 0.3) is 0 Å². The second kappa shape index (κ2) is 6.85. The van der Waals surface area contributed by atoms with E-state index in [4.69, 9.17) is 11.6 Å². The van der Waals surface area contributed by atoms with Crippen LogP contribution in [0.3, 0.4) is 0 Å². The lowest BCUT2D eigenvalue weighted by atomic mass is 10.0. The van der Waals surface area contributed by atoms with Crippen LogP contribution in [0.5, 0.6) is 5.75 Å². The molecule has 0 radical (unpaired) electrons. The van der Waals surface area contributed by atoms with Gasteiger partial charge in [0.1, 0.15) is 5.75 Å². The highest BCUT2D eigenvalue weighted by molar-refractivity contribution is 6.32. The molecule has 1 heterocycles. The number of rotatable bonds is 4. The van der Waals surface area contributed by atoms with Gasteiger partial charge in [-0.2, -0.15) is 8.78 Å². The molecule has 1 aromatic carbocycles. The zero-order valence-electron chi connectivity index (χ0n) is 10.7. The lowest BCUT2D eigenvalue weighted by Crippen LogP contribution is -2.43. The van der Waals surface area contributed by atoms with Gasteiger partial charge in [-0.1, -0.05) is 18.0 Å². The predicted octanol–water partition coefficient (Wildman–Crippen LogP) is 3.02. The summed E-state index contributed by atoms with van der Waals surface area (Å²) < 4.78 is 28.4. The van der Waals surface area contributed by atoms with E-state index in [2.05, 4.69) is 15.4 Å². The number of alkyl halides is 2. The Morgan fingerprint density at radius 2 is 2.25 bits per heavy atom. The normalized spacial score (nSPS) is 18.9. The second-order valence-electron chi connectivity index (χ2n) is 4.52. The van der Waals surface area contributed by atoms with Crippen molar-refractivity contribution in [1.82, 2.24) is 5.32 Å². The highest BCUT2D eigenvalue weighted by atomic mass is 35.5. The van der Waals surface area contributed by atoms with Gasteiger partial charge in [-0.25, -0.2) is 0 Å². The lowest BCUT2D eigenvalue weighted by Gasteiger charge is -2.22. The van der Waals surface area contributed by atoms with E-state index >= 15 is 0 Å². The van der Waals surface area contributed by atoms with Crippen molar-refractivity contribution in [2.24, 2.45) is 0 Å². The lowest BCUT2D eigenvalue weighted by molar-refractivity contribution is -0.118. The van der Waals surface area contributed by atoms with E-state index in [1.54, 1.807) is 0 Å². The fourth-order valence-electron chi connectivity index (χ4n) is 2.08. The van der Waals surface area contributed by atoms with Gasteiger partial charge in [-0.15, -0.1) is 0 Å². The number of ether oxygens (including phenoxy) is 1. The van der Waals surface area contributed by atoms with Crippen LogP contribution in [0.15, 0.2) is 18.2 Å². The molecule has 1 unspecified atom stereocenters. The molecule has 2 rings (SSSR count).